The molecule has 3 aromatic carbocycles. The van der Waals surface area contributed by atoms with E-state index in [-0.39, 0.29) is 44.3 Å². The summed E-state index contributed by atoms with van der Waals surface area (Å²) < 4.78 is 18.9. The predicted molar refractivity (Wildman–Crippen MR) is 174 cm³/mol. The van der Waals surface area contributed by atoms with Gasteiger partial charge in [0.1, 0.15) is 17.7 Å². The number of carbonyl (C=O) groups is 3. The van der Waals surface area contributed by atoms with Crippen LogP contribution in [0, 0.1) is 6.92 Å². The van der Waals surface area contributed by atoms with Gasteiger partial charge in [0.05, 0.1) is 31.8 Å². The van der Waals surface area contributed by atoms with Crippen LogP contribution in [-0.2, 0) is 43.6 Å². The number of aryl methyl sites for hydroxylation is 1. The van der Waals surface area contributed by atoms with Crippen LogP contribution in [-0.4, -0.2) is 56.0 Å². The molecule has 2 aliphatic heterocycles. The van der Waals surface area contributed by atoms with Crippen LogP contribution < -0.4 is 5.32 Å². The largest absolute Gasteiger partial charge is 0.445 e. The van der Waals surface area contributed by atoms with Crippen molar-refractivity contribution in [1.29, 1.82) is 0 Å². The summed E-state index contributed by atoms with van der Waals surface area (Å²) in [6.07, 6.45) is -1.24. The highest BCUT2D eigenvalue weighted by molar-refractivity contribution is 8.01. The van der Waals surface area contributed by atoms with E-state index in [0.717, 1.165) is 42.1 Å². The number of aliphatic hydroxyl groups is 1. The Kier molecular flexibility index (Phi) is 10.6. The number of nitrogens with zero attached hydrogens (tertiary/aromatic N) is 3. The molecule has 47 heavy (non-hydrogen) atoms. The minimum atomic E-state index is -0.976. The standard InChI is InChI=1S/C34H34N4O7S2/c1-21-36-37-34(47-21)46-20-27-15-29(25-11-9-23(18-39)10-12-25)45-32(44-27)26-13-7-22(8-14-26)17-38-30(40)16-28(31(38)41)35-33(42)43-19-24-5-3-2-4-6-24/h2-14,27-29,32,39H,15-20H2,1H3,(H,35,42). The third kappa shape index (κ3) is 8.42. The van der Waals surface area contributed by atoms with Gasteiger partial charge in [0, 0.05) is 17.7 Å². The maximum atomic E-state index is 13.0. The fourth-order valence-corrected chi connectivity index (χ4v) is 7.21. The van der Waals surface area contributed by atoms with E-state index < -0.39 is 24.3 Å². The van der Waals surface area contributed by atoms with Crippen LogP contribution in [0.4, 0.5) is 4.79 Å². The number of hydrogen-bond donors (Lipinski definition) is 2. The highest BCUT2D eigenvalue weighted by atomic mass is 32.2. The quantitative estimate of drug-likeness (QED) is 0.161. The number of hydrogen-bond acceptors (Lipinski definition) is 11. The van der Waals surface area contributed by atoms with Gasteiger partial charge < -0.3 is 24.6 Å². The summed E-state index contributed by atoms with van der Waals surface area (Å²) in [7, 11) is 0. The average Bonchev–Trinajstić information content (AvgIpc) is 3.64. The number of amides is 3. The minimum absolute atomic E-state index is 0.0303. The number of ether oxygens (including phenoxy) is 3. The third-order valence-electron chi connectivity index (χ3n) is 7.86. The molecule has 3 amide bonds. The smallest absolute Gasteiger partial charge is 0.408 e. The molecule has 4 unspecified atom stereocenters. The molecule has 0 saturated carbocycles. The summed E-state index contributed by atoms with van der Waals surface area (Å²) in [5, 5.41) is 21.2. The van der Waals surface area contributed by atoms with E-state index in [1.165, 1.54) is 0 Å². The Morgan fingerprint density at radius 1 is 0.979 bits per heavy atom. The Bertz CT molecular complexity index is 1680. The van der Waals surface area contributed by atoms with E-state index in [0.29, 0.717) is 12.2 Å². The summed E-state index contributed by atoms with van der Waals surface area (Å²) in [5.74, 6) is -0.172. The Hall–Kier alpha value is -4.14. The fourth-order valence-electron chi connectivity index (χ4n) is 5.36. The SMILES string of the molecule is Cc1nnc(SCC2CC(c3ccc(CO)cc3)OC(c3ccc(CN4C(=O)CC(NC(=O)OCc5ccccc5)C4=O)cc3)O2)s1. The number of thioether (sulfide) groups is 1. The van der Waals surface area contributed by atoms with E-state index >= 15 is 0 Å². The summed E-state index contributed by atoms with van der Waals surface area (Å²) in [6, 6.07) is 23.4. The molecule has 244 valence electrons. The second kappa shape index (κ2) is 15.2. The van der Waals surface area contributed by atoms with Gasteiger partial charge in [0.2, 0.25) is 5.91 Å². The van der Waals surface area contributed by atoms with E-state index in [1.807, 2.05) is 85.8 Å². The van der Waals surface area contributed by atoms with Gasteiger partial charge in [-0.25, -0.2) is 4.79 Å². The van der Waals surface area contributed by atoms with Crippen LogP contribution in [0.2, 0.25) is 0 Å². The molecule has 3 heterocycles. The van der Waals surface area contributed by atoms with Crippen LogP contribution in [0.25, 0.3) is 0 Å². The lowest BCUT2D eigenvalue weighted by molar-refractivity contribution is -0.245. The van der Waals surface area contributed by atoms with Crippen LogP contribution in [0.3, 0.4) is 0 Å². The first-order valence-electron chi connectivity index (χ1n) is 15.2. The number of rotatable bonds is 11. The van der Waals surface area contributed by atoms with Crippen molar-refractivity contribution in [3.63, 3.8) is 0 Å². The molecular formula is C34H34N4O7S2. The average molecular weight is 675 g/mol. The van der Waals surface area contributed by atoms with Crippen molar-refractivity contribution < 1.29 is 33.7 Å². The zero-order valence-corrected chi connectivity index (χ0v) is 27.2. The lowest BCUT2D eigenvalue weighted by atomic mass is 10.0. The van der Waals surface area contributed by atoms with Crippen molar-refractivity contribution in [2.45, 2.75) is 68.4 Å². The molecule has 11 nitrogen and oxygen atoms in total. The molecule has 6 rings (SSSR count). The number of benzene rings is 3. The van der Waals surface area contributed by atoms with Gasteiger partial charge in [-0.15, -0.1) is 10.2 Å². The molecule has 1 aromatic heterocycles. The monoisotopic (exact) mass is 674 g/mol. The van der Waals surface area contributed by atoms with Gasteiger partial charge in [-0.2, -0.15) is 0 Å². The molecule has 0 radical (unpaired) electrons. The first-order valence-corrected chi connectivity index (χ1v) is 17.0. The zero-order valence-electron chi connectivity index (χ0n) is 25.6. The van der Waals surface area contributed by atoms with Crippen molar-refractivity contribution in [3.05, 3.63) is 112 Å². The molecular weight excluding hydrogens is 641 g/mol. The van der Waals surface area contributed by atoms with Gasteiger partial charge in [-0.05, 0) is 29.2 Å². The van der Waals surface area contributed by atoms with Crippen molar-refractivity contribution in [2.75, 3.05) is 5.75 Å². The van der Waals surface area contributed by atoms with Gasteiger partial charge in [0.25, 0.3) is 5.91 Å². The first kappa shape index (κ1) is 32.8. The number of nitrogens with one attached hydrogen (secondary N) is 1. The third-order valence-corrected chi connectivity index (χ3v) is 9.96. The minimum Gasteiger partial charge on any atom is -0.445 e. The van der Waals surface area contributed by atoms with Crippen LogP contribution in [0.1, 0.15) is 58.1 Å². The Morgan fingerprint density at radius 2 is 1.70 bits per heavy atom. The van der Waals surface area contributed by atoms with Crippen LogP contribution in [0.15, 0.2) is 83.2 Å². The topological polar surface area (TPSA) is 140 Å². The van der Waals surface area contributed by atoms with Crippen LogP contribution >= 0.6 is 23.1 Å². The normalized spacial score (nSPS) is 21.2. The van der Waals surface area contributed by atoms with Crippen molar-refractivity contribution in [2.24, 2.45) is 0 Å². The predicted octanol–water partition coefficient (Wildman–Crippen LogP) is 5.23. The second-order valence-electron chi connectivity index (χ2n) is 11.3. The molecule has 2 aliphatic rings. The van der Waals surface area contributed by atoms with Gasteiger partial charge in [-0.3, -0.25) is 14.5 Å². The molecule has 2 saturated heterocycles. The van der Waals surface area contributed by atoms with E-state index in [1.54, 1.807) is 23.1 Å². The maximum absolute atomic E-state index is 13.0. The number of likely N-dealkylation sites (tertiary alicyclic amines) is 1. The molecule has 13 heteroatoms. The molecule has 0 aliphatic carbocycles. The lowest BCUT2D eigenvalue weighted by Crippen LogP contribution is -2.41. The summed E-state index contributed by atoms with van der Waals surface area (Å²) in [6.45, 7) is 2.03. The second-order valence-corrected chi connectivity index (χ2v) is 13.7. The number of carbonyl (C=O) groups excluding carboxylic acids is 3. The molecule has 4 atom stereocenters. The number of aromatic nitrogens is 2. The lowest BCUT2D eigenvalue weighted by Gasteiger charge is -2.36. The van der Waals surface area contributed by atoms with Gasteiger partial charge in [-0.1, -0.05) is 102 Å². The summed E-state index contributed by atoms with van der Waals surface area (Å²) >= 11 is 3.15. The van der Waals surface area contributed by atoms with Crippen LogP contribution in [0.5, 0.6) is 0 Å². The Labute approximate surface area is 280 Å². The molecule has 0 spiro atoms. The fraction of sp³-hybridized carbons (Fsp3) is 0.324. The number of alkyl carbamates (subject to hydrolysis) is 1. The Morgan fingerprint density at radius 3 is 2.40 bits per heavy atom. The van der Waals surface area contributed by atoms with E-state index in [2.05, 4.69) is 15.5 Å². The van der Waals surface area contributed by atoms with E-state index in [9.17, 15) is 19.5 Å². The van der Waals surface area contributed by atoms with E-state index in [4.69, 9.17) is 14.2 Å². The maximum Gasteiger partial charge on any atom is 0.408 e. The molecule has 2 N–H and O–H groups in total. The molecule has 2 fully saturated rings. The van der Waals surface area contributed by atoms with Gasteiger partial charge in [0.15, 0.2) is 10.6 Å². The van der Waals surface area contributed by atoms with Crippen molar-refractivity contribution in [3.8, 4) is 0 Å². The number of imide groups is 1. The van der Waals surface area contributed by atoms with Crippen molar-refractivity contribution >= 4 is 41.0 Å². The summed E-state index contributed by atoms with van der Waals surface area (Å²) in [4.78, 5) is 39.2. The highest BCUT2D eigenvalue weighted by Gasteiger charge is 2.40. The first-order chi connectivity index (χ1) is 22.8. The highest BCUT2D eigenvalue weighted by Crippen LogP contribution is 2.39. The zero-order chi connectivity index (χ0) is 32.8. The molecule has 0 bridgehead atoms. The molecule has 4 aromatic rings. The van der Waals surface area contributed by atoms with Gasteiger partial charge >= 0.3 is 6.09 Å². The summed E-state index contributed by atoms with van der Waals surface area (Å²) in [5.41, 5.74) is 4.18. The Balaban J connectivity index is 1.08. The van der Waals surface area contributed by atoms with Crippen molar-refractivity contribution in [1.82, 2.24) is 20.4 Å². The number of aliphatic hydroxyl groups excluding tert-OH is 1.